The van der Waals surface area contributed by atoms with E-state index in [2.05, 4.69) is 205 Å². The number of hydrogen-bond acceptors (Lipinski definition) is 14. The summed E-state index contributed by atoms with van der Waals surface area (Å²) in [5, 5.41) is 11.9. The summed E-state index contributed by atoms with van der Waals surface area (Å²) in [6.07, 6.45) is 10.8. The maximum atomic E-state index is 7.73. The highest BCUT2D eigenvalue weighted by molar-refractivity contribution is 9.12. The van der Waals surface area contributed by atoms with Crippen molar-refractivity contribution in [1.82, 2.24) is 49.0 Å². The van der Waals surface area contributed by atoms with Crippen LogP contribution in [-0.4, -0.2) is 83.7 Å². The van der Waals surface area contributed by atoms with Gasteiger partial charge in [0.1, 0.15) is 46.0 Å². The molecule has 0 unspecified atom stereocenters. The lowest BCUT2D eigenvalue weighted by Gasteiger charge is -2.12. The minimum Gasteiger partial charge on any atom is -0.497 e. The normalized spacial score (nSPS) is 11.3. The molecule has 27 heteroatoms. The second-order valence-corrected chi connectivity index (χ2v) is 26.2. The van der Waals surface area contributed by atoms with Crippen LogP contribution in [0.25, 0.3) is 22.3 Å². The van der Waals surface area contributed by atoms with E-state index in [1.54, 1.807) is 60.1 Å². The van der Waals surface area contributed by atoms with Crippen LogP contribution < -0.4 is 35.2 Å². The molecule has 0 amide bonds. The van der Waals surface area contributed by atoms with Crippen LogP contribution in [0.4, 0.5) is 11.5 Å². The largest absolute Gasteiger partial charge is 0.497 e. The minimum atomic E-state index is 0.204. The number of rotatable bonds is 14. The number of ether oxygens (including phenoxy) is 4. The summed E-state index contributed by atoms with van der Waals surface area (Å²) >= 11 is 31.4. The van der Waals surface area contributed by atoms with Gasteiger partial charge in [0.15, 0.2) is 28.1 Å². The van der Waals surface area contributed by atoms with Gasteiger partial charge >= 0.3 is 0 Å². The molecule has 1 aliphatic heterocycles. The standard InChI is InChI=1S/C21H19Br2N5O2.C15H16N4O2.C12H9Br2N5.C7H5Br3.C7H6Br2/c1-29-14-7-6-13(18(8-14)30-2)9-24-20-19-21(26-11-25-19)28(12-27-20)10-15-16(22)4-3-5-17(15)23;1-20-11-4-3-10(13(7-11)21-2)8-17-15-14-12(5-6-16-14)18-9-19-15;13-8-2-1-3-9(14)7(8)4-19-6-18-11(15)10-12(19)17-5-16-10;8-4-5-6(9)2-1-3-7(5)10;1-5-6(8)3-2-4-7(5)9/h3-8,11-12H,9-10H2,1-2H3,(H,25,26);3-4,6-7,9H,5,8H2,1-2H3,(H,17,18,19);1-3,5-6,15H,4H2,(H,16,17);1-3H,4H2;2-4H,1H3. The van der Waals surface area contributed by atoms with Gasteiger partial charge in [-0.3, -0.25) is 15.4 Å². The van der Waals surface area contributed by atoms with Crippen LogP contribution >= 0.6 is 143 Å². The predicted molar refractivity (Wildman–Crippen MR) is 382 cm³/mol. The molecule has 11 aromatic rings. The van der Waals surface area contributed by atoms with Crippen molar-refractivity contribution < 1.29 is 18.9 Å². The van der Waals surface area contributed by atoms with Crippen LogP contribution in [0.3, 0.4) is 0 Å². The number of nitrogens with zero attached hydrogens (tertiary/aromatic N) is 10. The molecule has 460 valence electrons. The zero-order valence-electron chi connectivity index (χ0n) is 48.1. The summed E-state index contributed by atoms with van der Waals surface area (Å²) in [5.41, 5.74) is 12.2. The number of fused-ring (bicyclic) bond motifs is 3. The first-order valence-electron chi connectivity index (χ1n) is 26.6. The fraction of sp³-hybridized carbons (Fsp3) is 0.177. The number of alkyl halides is 1. The topological polar surface area (TPSA) is 216 Å². The van der Waals surface area contributed by atoms with Gasteiger partial charge < -0.3 is 43.4 Å². The van der Waals surface area contributed by atoms with Crippen molar-refractivity contribution in [2.75, 3.05) is 33.8 Å². The van der Waals surface area contributed by atoms with Crippen LogP contribution in [0.2, 0.25) is 0 Å². The number of aromatic amines is 2. The highest BCUT2D eigenvalue weighted by Crippen LogP contribution is 2.33. The molecule has 89 heavy (non-hydrogen) atoms. The van der Waals surface area contributed by atoms with E-state index in [9.17, 15) is 0 Å². The Morgan fingerprint density at radius 2 is 1.04 bits per heavy atom. The summed E-state index contributed by atoms with van der Waals surface area (Å²) in [7, 11) is 6.54. The van der Waals surface area contributed by atoms with Crippen LogP contribution in [-0.2, 0) is 37.9 Å². The van der Waals surface area contributed by atoms with Gasteiger partial charge in [0.05, 0.1) is 79.1 Å². The van der Waals surface area contributed by atoms with E-state index in [4.69, 9.17) is 24.4 Å². The van der Waals surface area contributed by atoms with Crippen molar-refractivity contribution in [2.45, 2.75) is 44.9 Å². The highest BCUT2D eigenvalue weighted by Gasteiger charge is 2.16. The number of H-pyrrole nitrogens is 2. The Labute approximate surface area is 589 Å². The molecule has 0 saturated heterocycles. The lowest BCUT2D eigenvalue weighted by Crippen LogP contribution is -2.15. The molecule has 0 radical (unpaired) electrons. The summed E-state index contributed by atoms with van der Waals surface area (Å²) in [4.78, 5) is 40.9. The van der Waals surface area contributed by atoms with Gasteiger partial charge in [-0.05, 0) is 90.8 Å². The van der Waals surface area contributed by atoms with Crippen molar-refractivity contribution >= 4 is 183 Å². The third kappa shape index (κ3) is 18.2. The number of nitrogens with one attached hydrogen (secondary N) is 4. The number of benzene rings is 6. The molecule has 0 atom stereocenters. The first kappa shape index (κ1) is 69.0. The zero-order chi connectivity index (χ0) is 63.6. The smallest absolute Gasteiger partial charge is 0.177 e. The molecule has 4 N–H and O–H groups in total. The van der Waals surface area contributed by atoms with E-state index in [0.29, 0.717) is 37.2 Å². The number of hydrogen-bond donors (Lipinski definition) is 4. The monoisotopic (exact) mass is 1770 g/mol. The molecule has 0 aliphatic carbocycles. The molecule has 12 rings (SSSR count). The quantitative estimate of drug-likeness (QED) is 0.0751. The summed E-state index contributed by atoms with van der Waals surface area (Å²) in [6.45, 7) is 4.31. The number of halogens is 9. The van der Waals surface area contributed by atoms with Crippen LogP contribution in [0.5, 0.6) is 23.0 Å². The molecular weight excluding hydrogens is 1720 g/mol. The van der Waals surface area contributed by atoms with Crippen molar-refractivity contribution in [1.29, 1.82) is 5.41 Å². The van der Waals surface area contributed by atoms with Crippen molar-refractivity contribution in [2.24, 2.45) is 9.98 Å². The molecular formula is C62H55Br9N14O4. The Morgan fingerprint density at radius 1 is 0.562 bits per heavy atom. The Bertz CT molecular complexity index is 4320. The Morgan fingerprint density at radius 3 is 1.55 bits per heavy atom. The fourth-order valence-corrected chi connectivity index (χ4v) is 14.6. The molecule has 0 spiro atoms. The van der Waals surface area contributed by atoms with E-state index >= 15 is 0 Å². The molecule has 18 nitrogen and oxygen atoms in total. The lowest BCUT2D eigenvalue weighted by atomic mass is 10.2. The lowest BCUT2D eigenvalue weighted by molar-refractivity contribution is 0.391. The number of imidazole rings is 2. The molecule has 0 bridgehead atoms. The van der Waals surface area contributed by atoms with Crippen LogP contribution in [0.1, 0.15) is 39.1 Å². The van der Waals surface area contributed by atoms with E-state index in [-0.39, 0.29) is 5.49 Å². The number of aliphatic imine (C=N–C) groups is 1. The maximum absolute atomic E-state index is 7.73. The Kier molecular flexibility index (Phi) is 26.3. The first-order valence-corrected chi connectivity index (χ1v) is 34.1. The van der Waals surface area contributed by atoms with Gasteiger partial charge in [-0.1, -0.05) is 168 Å². The predicted octanol–water partition coefficient (Wildman–Crippen LogP) is 17.3. The van der Waals surface area contributed by atoms with Gasteiger partial charge in [-0.15, -0.1) is 0 Å². The summed E-state index contributed by atoms with van der Waals surface area (Å²) < 4.78 is 33.9. The van der Waals surface area contributed by atoms with E-state index < -0.39 is 0 Å². The molecule has 6 aromatic carbocycles. The van der Waals surface area contributed by atoms with Crippen molar-refractivity contribution in [3.63, 3.8) is 0 Å². The first-order chi connectivity index (χ1) is 43.0. The van der Waals surface area contributed by atoms with Crippen LogP contribution in [0.15, 0.2) is 187 Å². The van der Waals surface area contributed by atoms with E-state index in [1.165, 1.54) is 11.1 Å². The molecule has 0 saturated carbocycles. The van der Waals surface area contributed by atoms with Gasteiger partial charge in [0.2, 0.25) is 0 Å². The number of anilines is 1. The fourth-order valence-electron chi connectivity index (χ4n) is 8.51. The van der Waals surface area contributed by atoms with E-state index in [0.717, 1.165) is 127 Å². The zero-order valence-corrected chi connectivity index (χ0v) is 62.4. The van der Waals surface area contributed by atoms with Crippen molar-refractivity contribution in [3.05, 3.63) is 227 Å². The minimum absolute atomic E-state index is 0.204. The SMILES string of the molecule is BrCc1c(Br)cccc1Br.COc1ccc(CN=c2ncn(Cc3c(Br)cccc3Br)c3nc[nH]c23)c(OC)c1.COc1ccc(CNc2ncnc3c2N=CC3)c(OC)c1.Cc1c(Br)cccc1Br.N=c1ncn(Cc2c(Br)cccc2Br)c2nc[nH]c12. The Hall–Kier alpha value is -5.91. The Balaban J connectivity index is 0.000000153. The van der Waals surface area contributed by atoms with E-state index in [1.807, 2.05) is 125 Å². The van der Waals surface area contributed by atoms with Gasteiger partial charge in [-0.25, -0.2) is 29.9 Å². The second kappa shape index (κ2) is 34.0. The molecule has 0 fully saturated rings. The van der Waals surface area contributed by atoms with Gasteiger partial charge in [-0.2, -0.15) is 0 Å². The summed E-state index contributed by atoms with van der Waals surface area (Å²) in [6, 6.07) is 35.5. The van der Waals surface area contributed by atoms with Crippen LogP contribution in [0, 0.1) is 12.3 Å². The average molecular weight is 1780 g/mol. The molecule has 1 aliphatic rings. The maximum Gasteiger partial charge on any atom is 0.177 e. The van der Waals surface area contributed by atoms with Crippen molar-refractivity contribution in [3.8, 4) is 23.0 Å². The van der Waals surface area contributed by atoms with Gasteiger partial charge in [0, 0.05) is 94.7 Å². The number of methoxy groups -OCH3 is 4. The molecule has 5 aromatic heterocycles. The second-order valence-electron chi connectivity index (χ2n) is 18.8. The summed E-state index contributed by atoms with van der Waals surface area (Å²) in [5.74, 6) is 3.75. The average Bonchev–Trinajstić information content (AvgIpc) is 4.21. The van der Waals surface area contributed by atoms with Gasteiger partial charge in [0.25, 0.3) is 0 Å². The third-order valence-corrected chi connectivity index (χ3v) is 20.0. The number of aromatic nitrogens is 10. The highest BCUT2D eigenvalue weighted by atomic mass is 79.9. The molecule has 6 heterocycles. The third-order valence-electron chi connectivity index (χ3n) is 13.3.